The van der Waals surface area contributed by atoms with Crippen LogP contribution in [0.3, 0.4) is 0 Å². The van der Waals surface area contributed by atoms with Gasteiger partial charge in [-0.3, -0.25) is 4.68 Å². The number of aryl methyl sites for hydroxylation is 1. The fourth-order valence-electron chi connectivity index (χ4n) is 1.66. The Morgan fingerprint density at radius 3 is 2.94 bits per heavy atom. The van der Waals surface area contributed by atoms with E-state index in [1.54, 1.807) is 35.3 Å². The molecule has 1 atom stereocenters. The number of hydrogen-bond donors (Lipinski definition) is 2. The summed E-state index contributed by atoms with van der Waals surface area (Å²) in [5.74, 6) is 0.346. The molecule has 0 saturated carbocycles. The largest absolute Gasteiger partial charge is 0.383 e. The van der Waals surface area contributed by atoms with Gasteiger partial charge in [-0.15, -0.1) is 0 Å². The van der Waals surface area contributed by atoms with Crippen molar-refractivity contribution in [2.45, 2.75) is 19.6 Å². The van der Waals surface area contributed by atoms with Crippen molar-refractivity contribution in [2.24, 2.45) is 0 Å². The normalized spacial score (nSPS) is 12.6. The molecule has 0 aromatic carbocycles. The lowest BCUT2D eigenvalue weighted by Crippen LogP contribution is -2.11. The van der Waals surface area contributed by atoms with Crippen molar-refractivity contribution in [3.8, 4) is 0 Å². The summed E-state index contributed by atoms with van der Waals surface area (Å²) >= 11 is 0. The van der Waals surface area contributed by atoms with E-state index < -0.39 is 6.10 Å². The fraction of sp³-hybridized carbons (Fsp3) is 0.273. The molecule has 0 amide bonds. The van der Waals surface area contributed by atoms with Crippen molar-refractivity contribution in [2.75, 3.05) is 5.73 Å². The predicted octanol–water partition coefficient (Wildman–Crippen LogP) is 0.962. The molecule has 5 heteroatoms. The molecule has 0 aliphatic carbocycles. The highest BCUT2D eigenvalue weighted by Crippen LogP contribution is 2.24. The van der Waals surface area contributed by atoms with Gasteiger partial charge in [0.2, 0.25) is 0 Å². The molecule has 0 bridgehead atoms. The number of nitrogens with zero attached hydrogens (tertiary/aromatic N) is 3. The molecule has 1 unspecified atom stereocenters. The van der Waals surface area contributed by atoms with Crippen molar-refractivity contribution < 1.29 is 5.11 Å². The lowest BCUT2D eigenvalue weighted by molar-refractivity contribution is 0.208. The highest BCUT2D eigenvalue weighted by molar-refractivity contribution is 5.43. The van der Waals surface area contributed by atoms with Crippen molar-refractivity contribution in [1.82, 2.24) is 14.8 Å². The first-order chi connectivity index (χ1) is 7.74. The maximum absolute atomic E-state index is 10.2. The van der Waals surface area contributed by atoms with E-state index in [9.17, 15) is 5.11 Å². The lowest BCUT2D eigenvalue weighted by atomic mass is 10.1. The van der Waals surface area contributed by atoms with Crippen LogP contribution in [0.25, 0.3) is 0 Å². The van der Waals surface area contributed by atoms with Crippen molar-refractivity contribution in [3.05, 3.63) is 41.9 Å². The minimum atomic E-state index is -0.781. The van der Waals surface area contributed by atoms with Crippen molar-refractivity contribution >= 4 is 5.82 Å². The number of aromatic nitrogens is 3. The SMILES string of the molecule is CCn1nccc1C(O)c1cccnc1N. The van der Waals surface area contributed by atoms with Gasteiger partial charge in [-0.1, -0.05) is 6.07 Å². The number of pyridine rings is 1. The summed E-state index contributed by atoms with van der Waals surface area (Å²) in [5.41, 5.74) is 7.05. The van der Waals surface area contributed by atoms with Gasteiger partial charge in [0.15, 0.2) is 0 Å². The molecule has 0 saturated heterocycles. The predicted molar refractivity (Wildman–Crippen MR) is 60.6 cm³/mol. The number of nitrogens with two attached hydrogens (primary N) is 1. The summed E-state index contributed by atoms with van der Waals surface area (Å²) < 4.78 is 1.73. The topological polar surface area (TPSA) is 77.0 Å². The average molecular weight is 218 g/mol. The first kappa shape index (κ1) is 10.6. The van der Waals surface area contributed by atoms with Crippen LogP contribution in [0.4, 0.5) is 5.82 Å². The maximum Gasteiger partial charge on any atom is 0.129 e. The first-order valence-corrected chi connectivity index (χ1v) is 5.14. The smallest absolute Gasteiger partial charge is 0.129 e. The Kier molecular flexibility index (Phi) is 2.87. The lowest BCUT2D eigenvalue weighted by Gasteiger charge is -2.13. The van der Waals surface area contributed by atoms with Gasteiger partial charge in [0.25, 0.3) is 0 Å². The van der Waals surface area contributed by atoms with Crippen LogP contribution in [-0.2, 0) is 6.54 Å². The molecule has 2 aromatic heterocycles. The Balaban J connectivity index is 2.39. The van der Waals surface area contributed by atoms with Gasteiger partial charge in [-0.2, -0.15) is 5.10 Å². The second kappa shape index (κ2) is 4.32. The zero-order valence-electron chi connectivity index (χ0n) is 9.04. The van der Waals surface area contributed by atoms with Gasteiger partial charge in [0.05, 0.1) is 5.69 Å². The summed E-state index contributed by atoms with van der Waals surface area (Å²) in [6.07, 6.45) is 2.48. The molecule has 5 nitrogen and oxygen atoms in total. The van der Waals surface area contributed by atoms with Gasteiger partial charge < -0.3 is 10.8 Å². The van der Waals surface area contributed by atoms with Gasteiger partial charge in [-0.25, -0.2) is 4.98 Å². The van der Waals surface area contributed by atoms with Gasteiger partial charge in [0, 0.05) is 24.5 Å². The number of aliphatic hydroxyl groups excluding tert-OH is 1. The van der Waals surface area contributed by atoms with Crippen LogP contribution in [0.2, 0.25) is 0 Å². The van der Waals surface area contributed by atoms with E-state index in [2.05, 4.69) is 10.1 Å². The molecule has 0 radical (unpaired) electrons. The number of rotatable bonds is 3. The Hall–Kier alpha value is -1.88. The quantitative estimate of drug-likeness (QED) is 0.804. The molecular formula is C11H14N4O. The van der Waals surface area contributed by atoms with Crippen LogP contribution >= 0.6 is 0 Å². The van der Waals surface area contributed by atoms with Crippen LogP contribution in [-0.4, -0.2) is 19.9 Å². The number of anilines is 1. The van der Waals surface area contributed by atoms with Crippen LogP contribution < -0.4 is 5.73 Å². The molecule has 2 rings (SSSR count). The van der Waals surface area contributed by atoms with E-state index >= 15 is 0 Å². The van der Waals surface area contributed by atoms with E-state index in [1.807, 2.05) is 6.92 Å². The van der Waals surface area contributed by atoms with Gasteiger partial charge >= 0.3 is 0 Å². The van der Waals surface area contributed by atoms with E-state index in [-0.39, 0.29) is 0 Å². The van der Waals surface area contributed by atoms with E-state index in [0.717, 1.165) is 5.69 Å². The third kappa shape index (κ3) is 1.77. The molecule has 16 heavy (non-hydrogen) atoms. The molecule has 0 aliphatic heterocycles. The van der Waals surface area contributed by atoms with Crippen LogP contribution in [0, 0.1) is 0 Å². The molecule has 0 fully saturated rings. The second-order valence-corrected chi connectivity index (χ2v) is 3.45. The minimum Gasteiger partial charge on any atom is -0.383 e. The monoisotopic (exact) mass is 218 g/mol. The summed E-state index contributed by atoms with van der Waals surface area (Å²) in [6.45, 7) is 2.68. The molecule has 0 aliphatic rings. The van der Waals surface area contributed by atoms with Crippen molar-refractivity contribution in [1.29, 1.82) is 0 Å². The fourth-order valence-corrected chi connectivity index (χ4v) is 1.66. The standard InChI is InChI=1S/C11H14N4O/c1-2-15-9(5-7-14-15)10(16)8-4-3-6-13-11(8)12/h3-7,10,16H,2H2,1H3,(H2,12,13). The Morgan fingerprint density at radius 1 is 1.44 bits per heavy atom. The molecule has 3 N–H and O–H groups in total. The number of nitrogen functional groups attached to an aromatic ring is 1. The van der Waals surface area contributed by atoms with Crippen LogP contribution in [0.15, 0.2) is 30.6 Å². The van der Waals surface area contributed by atoms with Crippen LogP contribution in [0.5, 0.6) is 0 Å². The number of aliphatic hydroxyl groups is 1. The average Bonchev–Trinajstić information content (AvgIpc) is 2.77. The minimum absolute atomic E-state index is 0.346. The second-order valence-electron chi connectivity index (χ2n) is 3.45. The van der Waals surface area contributed by atoms with E-state index in [4.69, 9.17) is 5.73 Å². The Bertz CT molecular complexity index is 480. The molecular weight excluding hydrogens is 204 g/mol. The number of hydrogen-bond acceptors (Lipinski definition) is 4. The Morgan fingerprint density at radius 2 is 2.25 bits per heavy atom. The summed E-state index contributed by atoms with van der Waals surface area (Å²) in [4.78, 5) is 3.95. The van der Waals surface area contributed by atoms with E-state index in [1.165, 1.54) is 0 Å². The summed E-state index contributed by atoms with van der Waals surface area (Å²) in [7, 11) is 0. The molecule has 0 spiro atoms. The van der Waals surface area contributed by atoms with Gasteiger partial charge in [0.1, 0.15) is 11.9 Å². The zero-order chi connectivity index (χ0) is 11.5. The van der Waals surface area contributed by atoms with E-state index in [0.29, 0.717) is 17.9 Å². The highest BCUT2D eigenvalue weighted by Gasteiger charge is 2.17. The van der Waals surface area contributed by atoms with Crippen molar-refractivity contribution in [3.63, 3.8) is 0 Å². The molecule has 84 valence electrons. The maximum atomic E-state index is 10.2. The van der Waals surface area contributed by atoms with Crippen LogP contribution in [0.1, 0.15) is 24.3 Å². The van der Waals surface area contributed by atoms with Gasteiger partial charge in [-0.05, 0) is 19.1 Å². The first-order valence-electron chi connectivity index (χ1n) is 5.14. The third-order valence-electron chi connectivity index (χ3n) is 2.49. The Labute approximate surface area is 93.5 Å². The summed E-state index contributed by atoms with van der Waals surface area (Å²) in [6, 6.07) is 5.29. The molecule has 2 aromatic rings. The summed E-state index contributed by atoms with van der Waals surface area (Å²) in [5, 5.41) is 14.3. The molecule has 2 heterocycles. The third-order valence-corrected chi connectivity index (χ3v) is 2.49. The zero-order valence-corrected chi connectivity index (χ0v) is 9.04. The highest BCUT2D eigenvalue weighted by atomic mass is 16.3.